The minimum Gasteiger partial charge on any atom is -0.370 e. The zero-order chi connectivity index (χ0) is 13.0. The summed E-state index contributed by atoms with van der Waals surface area (Å²) >= 11 is 5.88. The number of ketones is 1. The highest BCUT2D eigenvalue weighted by Crippen LogP contribution is 2.25. The van der Waals surface area contributed by atoms with Crippen molar-refractivity contribution in [1.29, 1.82) is 5.26 Å². The number of nitriles is 1. The fourth-order valence-electron chi connectivity index (χ4n) is 2.14. The van der Waals surface area contributed by atoms with Gasteiger partial charge in [-0.15, -0.1) is 0 Å². The van der Waals surface area contributed by atoms with Crippen molar-refractivity contribution in [2.75, 3.05) is 6.61 Å². The predicted octanol–water partition coefficient (Wildman–Crippen LogP) is 3.09. The van der Waals surface area contributed by atoms with E-state index in [1.165, 1.54) is 0 Å². The van der Waals surface area contributed by atoms with Crippen molar-refractivity contribution in [3.8, 4) is 6.07 Å². The Hall–Kier alpha value is -1.37. The molecule has 0 radical (unpaired) electrons. The first-order chi connectivity index (χ1) is 8.72. The number of hydrogen-bond donors (Lipinski definition) is 0. The van der Waals surface area contributed by atoms with Crippen LogP contribution in [0.3, 0.4) is 0 Å². The third kappa shape index (κ3) is 2.90. The van der Waals surface area contributed by atoms with Gasteiger partial charge in [-0.3, -0.25) is 4.79 Å². The van der Waals surface area contributed by atoms with Gasteiger partial charge in [-0.2, -0.15) is 5.26 Å². The molecule has 2 atom stereocenters. The van der Waals surface area contributed by atoms with E-state index >= 15 is 0 Å². The zero-order valence-electron chi connectivity index (χ0n) is 9.93. The van der Waals surface area contributed by atoms with Gasteiger partial charge < -0.3 is 4.74 Å². The summed E-state index contributed by atoms with van der Waals surface area (Å²) in [5, 5.41) is 9.73. The van der Waals surface area contributed by atoms with Crippen LogP contribution in [0.5, 0.6) is 0 Å². The third-order valence-electron chi connectivity index (χ3n) is 3.09. The summed E-state index contributed by atoms with van der Waals surface area (Å²) in [5.41, 5.74) is 0.643. The lowest BCUT2D eigenvalue weighted by Crippen LogP contribution is -2.32. The number of hydrogen-bond acceptors (Lipinski definition) is 3. The predicted molar refractivity (Wildman–Crippen MR) is 68.4 cm³/mol. The Morgan fingerprint density at radius 3 is 2.94 bits per heavy atom. The van der Waals surface area contributed by atoms with Crippen molar-refractivity contribution in [2.45, 2.75) is 31.3 Å². The highest BCUT2D eigenvalue weighted by Gasteiger charge is 2.30. The molecule has 1 heterocycles. The molecule has 1 aromatic carbocycles. The van der Waals surface area contributed by atoms with Gasteiger partial charge in [-0.05, 0) is 37.0 Å². The van der Waals surface area contributed by atoms with Crippen LogP contribution in [0.1, 0.15) is 30.7 Å². The van der Waals surface area contributed by atoms with Crippen LogP contribution in [0, 0.1) is 11.3 Å². The Kier molecular flexibility index (Phi) is 4.35. The van der Waals surface area contributed by atoms with E-state index in [0.29, 0.717) is 23.6 Å². The van der Waals surface area contributed by atoms with Gasteiger partial charge in [0.2, 0.25) is 0 Å². The number of ether oxygens (including phenoxy) is 1. The van der Waals surface area contributed by atoms with Crippen LogP contribution in [0.15, 0.2) is 24.3 Å². The molecular weight excluding hydrogens is 250 g/mol. The Morgan fingerprint density at radius 1 is 1.50 bits per heavy atom. The number of nitrogens with zero attached hydrogens (tertiary/aromatic N) is 1. The molecule has 0 bridgehead atoms. The SMILES string of the molecule is N#CC(C(=O)C1CCCCO1)c1cccc(Cl)c1. The maximum Gasteiger partial charge on any atom is 0.183 e. The van der Waals surface area contributed by atoms with E-state index in [1.807, 2.05) is 0 Å². The van der Waals surface area contributed by atoms with Crippen molar-refractivity contribution in [3.05, 3.63) is 34.9 Å². The van der Waals surface area contributed by atoms with Crippen molar-refractivity contribution in [2.24, 2.45) is 0 Å². The summed E-state index contributed by atoms with van der Waals surface area (Å²) in [6.45, 7) is 0.601. The molecule has 2 rings (SSSR count). The van der Waals surface area contributed by atoms with E-state index < -0.39 is 12.0 Å². The Morgan fingerprint density at radius 2 is 2.33 bits per heavy atom. The molecule has 1 fully saturated rings. The van der Waals surface area contributed by atoms with Gasteiger partial charge in [-0.25, -0.2) is 0 Å². The minimum atomic E-state index is -0.785. The summed E-state index contributed by atoms with van der Waals surface area (Å²) in [4.78, 5) is 12.3. The van der Waals surface area contributed by atoms with Crippen molar-refractivity contribution in [3.63, 3.8) is 0 Å². The van der Waals surface area contributed by atoms with Gasteiger partial charge in [0.1, 0.15) is 12.0 Å². The summed E-state index contributed by atoms with van der Waals surface area (Å²) in [6, 6.07) is 8.94. The first-order valence-electron chi connectivity index (χ1n) is 6.03. The lowest BCUT2D eigenvalue weighted by Gasteiger charge is -2.23. The van der Waals surface area contributed by atoms with Crippen molar-refractivity contribution < 1.29 is 9.53 Å². The Bertz CT molecular complexity index is 475. The van der Waals surface area contributed by atoms with E-state index in [-0.39, 0.29) is 5.78 Å². The van der Waals surface area contributed by atoms with Crippen LogP contribution in [0.25, 0.3) is 0 Å². The summed E-state index contributed by atoms with van der Waals surface area (Å²) in [6.07, 6.45) is 2.22. The number of Topliss-reactive ketones (excluding diaryl/α,β-unsaturated/α-hetero) is 1. The molecule has 0 N–H and O–H groups in total. The second-order valence-electron chi connectivity index (χ2n) is 4.37. The zero-order valence-corrected chi connectivity index (χ0v) is 10.7. The maximum atomic E-state index is 12.3. The average Bonchev–Trinajstić information content (AvgIpc) is 2.40. The maximum absolute atomic E-state index is 12.3. The highest BCUT2D eigenvalue weighted by atomic mass is 35.5. The molecule has 0 saturated carbocycles. The monoisotopic (exact) mass is 263 g/mol. The van der Waals surface area contributed by atoms with Crippen LogP contribution in [-0.2, 0) is 9.53 Å². The largest absolute Gasteiger partial charge is 0.370 e. The highest BCUT2D eigenvalue weighted by molar-refractivity contribution is 6.30. The first kappa shape index (κ1) is 13.1. The second kappa shape index (κ2) is 5.99. The van der Waals surface area contributed by atoms with Gasteiger partial charge in [-0.1, -0.05) is 23.7 Å². The number of halogens is 1. The number of rotatable bonds is 3. The fourth-order valence-corrected chi connectivity index (χ4v) is 2.34. The van der Waals surface area contributed by atoms with E-state index in [1.54, 1.807) is 24.3 Å². The summed E-state index contributed by atoms with van der Waals surface area (Å²) in [7, 11) is 0. The van der Waals surface area contributed by atoms with E-state index in [9.17, 15) is 10.1 Å². The Balaban J connectivity index is 2.18. The molecule has 0 aromatic heterocycles. The molecular formula is C14H14ClNO2. The summed E-state index contributed by atoms with van der Waals surface area (Å²) < 4.78 is 5.44. The topological polar surface area (TPSA) is 50.1 Å². The number of carbonyl (C=O) groups is 1. The molecule has 3 nitrogen and oxygen atoms in total. The van der Waals surface area contributed by atoms with Crippen LogP contribution >= 0.6 is 11.6 Å². The van der Waals surface area contributed by atoms with E-state index in [0.717, 1.165) is 12.8 Å². The molecule has 94 valence electrons. The molecule has 2 unspecified atom stereocenters. The fraction of sp³-hybridized carbons (Fsp3) is 0.429. The normalized spacial score (nSPS) is 21.0. The molecule has 1 aliphatic rings. The van der Waals surface area contributed by atoms with Gasteiger partial charge in [0.25, 0.3) is 0 Å². The number of carbonyl (C=O) groups excluding carboxylic acids is 1. The smallest absolute Gasteiger partial charge is 0.183 e. The third-order valence-corrected chi connectivity index (χ3v) is 3.33. The standard InChI is InChI=1S/C14H14ClNO2/c15-11-5-3-4-10(8-11)12(9-16)14(17)13-6-1-2-7-18-13/h3-5,8,12-13H,1-2,6-7H2. The average molecular weight is 264 g/mol. The second-order valence-corrected chi connectivity index (χ2v) is 4.81. The lowest BCUT2D eigenvalue weighted by molar-refractivity contribution is -0.133. The van der Waals surface area contributed by atoms with Crippen LogP contribution in [0.2, 0.25) is 5.02 Å². The lowest BCUT2D eigenvalue weighted by atomic mass is 9.90. The van der Waals surface area contributed by atoms with Gasteiger partial charge in [0.05, 0.1) is 6.07 Å². The molecule has 0 amide bonds. The van der Waals surface area contributed by atoms with Gasteiger partial charge in [0.15, 0.2) is 5.78 Å². The molecule has 1 saturated heterocycles. The summed E-state index contributed by atoms with van der Waals surface area (Å²) in [5.74, 6) is -0.939. The van der Waals surface area contributed by atoms with Crippen LogP contribution in [-0.4, -0.2) is 18.5 Å². The molecule has 1 aromatic rings. The quantitative estimate of drug-likeness (QED) is 0.842. The molecule has 1 aliphatic heterocycles. The number of benzene rings is 1. The van der Waals surface area contributed by atoms with Crippen LogP contribution in [0.4, 0.5) is 0 Å². The van der Waals surface area contributed by atoms with Crippen molar-refractivity contribution >= 4 is 17.4 Å². The van der Waals surface area contributed by atoms with Gasteiger partial charge >= 0.3 is 0 Å². The van der Waals surface area contributed by atoms with Crippen LogP contribution < -0.4 is 0 Å². The molecule has 4 heteroatoms. The molecule has 0 spiro atoms. The molecule has 0 aliphatic carbocycles. The van der Waals surface area contributed by atoms with Gasteiger partial charge in [0, 0.05) is 11.6 Å². The van der Waals surface area contributed by atoms with E-state index in [4.69, 9.17) is 16.3 Å². The minimum absolute atomic E-state index is 0.153. The first-order valence-corrected chi connectivity index (χ1v) is 6.40. The van der Waals surface area contributed by atoms with Crippen molar-refractivity contribution in [1.82, 2.24) is 0 Å². The Labute approximate surface area is 111 Å². The van der Waals surface area contributed by atoms with E-state index in [2.05, 4.69) is 6.07 Å². The molecule has 18 heavy (non-hydrogen) atoms.